The Kier molecular flexibility index (Phi) is 5.33. The van der Waals surface area contributed by atoms with Crippen molar-refractivity contribution in [3.8, 4) is 0 Å². The first-order valence-corrected chi connectivity index (χ1v) is 8.72. The molecule has 0 aliphatic heterocycles. The van der Waals surface area contributed by atoms with Crippen LogP contribution in [0, 0.1) is 0 Å². The summed E-state index contributed by atoms with van der Waals surface area (Å²) in [5.41, 5.74) is 1.34. The number of halogens is 1. The minimum Gasteiger partial charge on any atom is -0.313 e. The first-order chi connectivity index (χ1) is 10.0. The number of sulfonamides is 1. The summed E-state index contributed by atoms with van der Waals surface area (Å²) in [6.07, 6.45) is 3.05. The van der Waals surface area contributed by atoms with Crippen LogP contribution in [0.1, 0.15) is 12.5 Å². The minimum atomic E-state index is -3.66. The van der Waals surface area contributed by atoms with E-state index in [9.17, 15) is 8.42 Å². The second-order valence-electron chi connectivity index (χ2n) is 4.39. The quantitative estimate of drug-likeness (QED) is 0.820. The highest BCUT2D eigenvalue weighted by atomic mass is 79.9. The number of hydrogen-bond donors (Lipinski definition) is 2. The van der Waals surface area contributed by atoms with Gasteiger partial charge in [0, 0.05) is 17.2 Å². The summed E-state index contributed by atoms with van der Waals surface area (Å²) in [6, 6.07) is 8.61. The fraction of sp³-hybridized carbons (Fsp3) is 0.214. The maximum Gasteiger partial charge on any atom is 0.263 e. The molecular formula is C14H16BrN3O2S. The number of hydrogen-bond acceptors (Lipinski definition) is 4. The molecule has 0 spiro atoms. The van der Waals surface area contributed by atoms with Crippen LogP contribution in [0.3, 0.4) is 0 Å². The number of aromatic nitrogens is 1. The van der Waals surface area contributed by atoms with Crippen molar-refractivity contribution in [2.24, 2.45) is 0 Å². The van der Waals surface area contributed by atoms with Crippen LogP contribution in [0.5, 0.6) is 0 Å². The molecule has 2 rings (SSSR count). The highest BCUT2D eigenvalue weighted by molar-refractivity contribution is 9.10. The van der Waals surface area contributed by atoms with E-state index in [1.54, 1.807) is 30.5 Å². The average Bonchev–Trinajstić information content (AvgIpc) is 2.47. The molecule has 0 unspecified atom stereocenters. The van der Waals surface area contributed by atoms with Gasteiger partial charge in [0.25, 0.3) is 10.0 Å². The molecule has 2 aromatic rings. The summed E-state index contributed by atoms with van der Waals surface area (Å²) in [4.78, 5) is 4.10. The second-order valence-corrected chi connectivity index (χ2v) is 6.90. The van der Waals surface area contributed by atoms with E-state index in [2.05, 4.69) is 31.0 Å². The van der Waals surface area contributed by atoms with Crippen LogP contribution in [0.15, 0.2) is 52.1 Å². The molecule has 112 valence electrons. The lowest BCUT2D eigenvalue weighted by Crippen LogP contribution is -2.16. The Bertz CT molecular complexity index is 705. The van der Waals surface area contributed by atoms with Crippen molar-refractivity contribution in [2.45, 2.75) is 18.4 Å². The molecule has 0 amide bonds. The summed E-state index contributed by atoms with van der Waals surface area (Å²) in [6.45, 7) is 3.45. The number of anilines is 1. The van der Waals surface area contributed by atoms with Crippen molar-refractivity contribution in [2.75, 3.05) is 11.3 Å². The van der Waals surface area contributed by atoms with E-state index < -0.39 is 10.0 Å². The van der Waals surface area contributed by atoms with Gasteiger partial charge < -0.3 is 5.32 Å². The molecule has 1 aromatic heterocycles. The number of benzene rings is 1. The molecule has 0 aliphatic carbocycles. The summed E-state index contributed by atoms with van der Waals surface area (Å²) < 4.78 is 28.0. The van der Waals surface area contributed by atoms with Crippen LogP contribution < -0.4 is 10.0 Å². The molecule has 0 aliphatic rings. The molecule has 7 heteroatoms. The number of nitrogens with one attached hydrogen (secondary N) is 2. The van der Waals surface area contributed by atoms with E-state index >= 15 is 0 Å². The molecule has 0 saturated carbocycles. The molecular weight excluding hydrogens is 354 g/mol. The van der Waals surface area contributed by atoms with E-state index in [0.29, 0.717) is 16.7 Å². The van der Waals surface area contributed by atoms with Gasteiger partial charge in [-0.2, -0.15) is 0 Å². The summed E-state index contributed by atoms with van der Waals surface area (Å²) in [5.74, 6) is 0. The minimum absolute atomic E-state index is 0.210. The van der Waals surface area contributed by atoms with E-state index in [1.807, 2.05) is 13.0 Å². The molecule has 0 radical (unpaired) electrons. The predicted molar refractivity (Wildman–Crippen MR) is 86.6 cm³/mol. The van der Waals surface area contributed by atoms with Gasteiger partial charge in [-0.1, -0.05) is 13.0 Å². The van der Waals surface area contributed by atoms with Crippen LogP contribution in [0.4, 0.5) is 5.69 Å². The molecule has 0 atom stereocenters. The predicted octanol–water partition coefficient (Wildman–Crippen LogP) is 2.75. The third-order valence-electron chi connectivity index (χ3n) is 2.78. The van der Waals surface area contributed by atoms with Crippen molar-refractivity contribution in [3.63, 3.8) is 0 Å². The number of pyridine rings is 1. The Labute approximate surface area is 133 Å². The molecule has 2 N–H and O–H groups in total. The van der Waals surface area contributed by atoms with Crippen LogP contribution in [0.2, 0.25) is 0 Å². The normalized spacial score (nSPS) is 11.3. The maximum atomic E-state index is 12.5. The number of rotatable bonds is 6. The Morgan fingerprint density at radius 3 is 2.76 bits per heavy atom. The Balaban J connectivity index is 2.30. The fourth-order valence-electron chi connectivity index (χ4n) is 1.77. The van der Waals surface area contributed by atoms with Gasteiger partial charge in [-0.25, -0.2) is 8.42 Å². The van der Waals surface area contributed by atoms with Crippen LogP contribution in [-0.4, -0.2) is 19.9 Å². The van der Waals surface area contributed by atoms with E-state index in [1.165, 1.54) is 6.20 Å². The van der Waals surface area contributed by atoms with Crippen molar-refractivity contribution >= 4 is 31.6 Å². The van der Waals surface area contributed by atoms with E-state index in [4.69, 9.17) is 0 Å². The Morgan fingerprint density at radius 1 is 1.29 bits per heavy atom. The molecule has 1 aromatic carbocycles. The third kappa shape index (κ3) is 4.26. The highest BCUT2D eigenvalue weighted by Crippen LogP contribution is 2.25. The smallest absolute Gasteiger partial charge is 0.263 e. The van der Waals surface area contributed by atoms with Gasteiger partial charge in [-0.3, -0.25) is 9.71 Å². The summed E-state index contributed by atoms with van der Waals surface area (Å²) >= 11 is 3.29. The number of nitrogens with zero attached hydrogens (tertiary/aromatic N) is 1. The SMILES string of the molecule is CCNCc1ccc(Br)c(S(=O)(=O)Nc2cccnc2)c1. The summed E-state index contributed by atoms with van der Waals surface area (Å²) in [7, 11) is -3.66. The molecule has 21 heavy (non-hydrogen) atoms. The van der Waals surface area contributed by atoms with Crippen LogP contribution in [-0.2, 0) is 16.6 Å². The zero-order chi connectivity index (χ0) is 15.3. The monoisotopic (exact) mass is 369 g/mol. The van der Waals surface area contributed by atoms with Crippen LogP contribution in [0.25, 0.3) is 0 Å². The van der Waals surface area contributed by atoms with E-state index in [0.717, 1.165) is 12.1 Å². The zero-order valence-electron chi connectivity index (χ0n) is 11.5. The molecule has 0 fully saturated rings. The largest absolute Gasteiger partial charge is 0.313 e. The van der Waals surface area contributed by atoms with Crippen molar-refractivity contribution < 1.29 is 8.42 Å². The standard InChI is InChI=1S/C14H16BrN3O2S/c1-2-16-9-11-5-6-13(15)14(8-11)21(19,20)18-12-4-3-7-17-10-12/h3-8,10,16,18H,2,9H2,1H3. The van der Waals surface area contributed by atoms with Gasteiger partial charge in [-0.05, 0) is 52.3 Å². The van der Waals surface area contributed by atoms with Gasteiger partial charge in [0.15, 0.2) is 0 Å². The van der Waals surface area contributed by atoms with Crippen LogP contribution >= 0.6 is 15.9 Å². The van der Waals surface area contributed by atoms with Gasteiger partial charge in [0.1, 0.15) is 4.90 Å². The lowest BCUT2D eigenvalue weighted by atomic mass is 10.2. The van der Waals surface area contributed by atoms with Gasteiger partial charge in [0.05, 0.1) is 11.9 Å². The highest BCUT2D eigenvalue weighted by Gasteiger charge is 2.18. The first-order valence-electron chi connectivity index (χ1n) is 6.45. The van der Waals surface area contributed by atoms with Gasteiger partial charge in [0.2, 0.25) is 0 Å². The maximum absolute atomic E-state index is 12.5. The lowest BCUT2D eigenvalue weighted by Gasteiger charge is -2.11. The zero-order valence-corrected chi connectivity index (χ0v) is 13.9. The summed E-state index contributed by atoms with van der Waals surface area (Å²) in [5, 5.41) is 3.17. The van der Waals surface area contributed by atoms with Gasteiger partial charge in [-0.15, -0.1) is 0 Å². The third-order valence-corrected chi connectivity index (χ3v) is 5.15. The fourth-order valence-corrected chi connectivity index (χ4v) is 3.82. The molecule has 5 nitrogen and oxygen atoms in total. The molecule has 0 saturated heterocycles. The van der Waals surface area contributed by atoms with Crippen molar-refractivity contribution in [3.05, 3.63) is 52.8 Å². The second kappa shape index (κ2) is 7.02. The van der Waals surface area contributed by atoms with E-state index in [-0.39, 0.29) is 4.90 Å². The Morgan fingerprint density at radius 2 is 2.10 bits per heavy atom. The first kappa shape index (κ1) is 15.9. The molecule has 1 heterocycles. The topological polar surface area (TPSA) is 71.1 Å². The van der Waals surface area contributed by atoms with Crippen molar-refractivity contribution in [1.82, 2.24) is 10.3 Å². The lowest BCUT2D eigenvalue weighted by molar-refractivity contribution is 0.600. The Hall–Kier alpha value is -1.44. The molecule has 0 bridgehead atoms. The van der Waals surface area contributed by atoms with Crippen molar-refractivity contribution in [1.29, 1.82) is 0 Å². The average molecular weight is 370 g/mol. The van der Waals surface area contributed by atoms with Gasteiger partial charge >= 0.3 is 0 Å².